The Morgan fingerprint density at radius 3 is 2.34 bits per heavy atom. The lowest BCUT2D eigenvalue weighted by Gasteiger charge is -2.16. The van der Waals surface area contributed by atoms with Gasteiger partial charge in [-0.15, -0.1) is 0 Å². The fourth-order valence-electron chi connectivity index (χ4n) is 3.69. The van der Waals surface area contributed by atoms with Crippen LogP contribution in [0.5, 0.6) is 0 Å². The van der Waals surface area contributed by atoms with E-state index in [4.69, 9.17) is 4.98 Å². The van der Waals surface area contributed by atoms with Crippen molar-refractivity contribution in [3.8, 4) is 0 Å². The fraction of sp³-hybridized carbons (Fsp3) is 0.192. The summed E-state index contributed by atoms with van der Waals surface area (Å²) in [6, 6.07) is 24.2. The molecule has 0 aliphatic heterocycles. The number of fused-ring (bicyclic) bond motifs is 1. The molecule has 2 N–H and O–H groups in total. The number of carbonyl (C=O) groups is 2. The molecule has 32 heavy (non-hydrogen) atoms. The minimum Gasteiger partial charge on any atom is -0.342 e. The molecule has 0 saturated carbocycles. The smallest absolute Gasteiger partial charge is 0.251 e. The van der Waals surface area contributed by atoms with Crippen molar-refractivity contribution in [3.05, 3.63) is 95.8 Å². The first kappa shape index (κ1) is 21.3. The molecule has 3 aromatic carbocycles. The zero-order valence-corrected chi connectivity index (χ0v) is 18.2. The second-order valence-electron chi connectivity index (χ2n) is 7.70. The Labute approximate surface area is 187 Å². The standard InChI is InChI=1S/C26H26N4O2/c1-3-19-13-15-21(16-14-19)28-24(31)17-30-23-12-8-7-11-22(23)29-25(30)18(2)27-26(32)20-9-5-4-6-10-20/h4-16,18H,3,17H2,1-2H3,(H,27,32)(H,28,31). The summed E-state index contributed by atoms with van der Waals surface area (Å²) >= 11 is 0. The van der Waals surface area contributed by atoms with Gasteiger partial charge in [-0.05, 0) is 55.3 Å². The molecule has 0 spiro atoms. The third-order valence-electron chi connectivity index (χ3n) is 5.40. The average molecular weight is 427 g/mol. The zero-order chi connectivity index (χ0) is 22.5. The lowest BCUT2D eigenvalue weighted by molar-refractivity contribution is -0.116. The predicted octanol–water partition coefficient (Wildman–Crippen LogP) is 4.73. The number of anilines is 1. The molecular weight excluding hydrogens is 400 g/mol. The largest absolute Gasteiger partial charge is 0.342 e. The highest BCUT2D eigenvalue weighted by Crippen LogP contribution is 2.21. The van der Waals surface area contributed by atoms with E-state index in [0.29, 0.717) is 11.4 Å². The minimum absolute atomic E-state index is 0.0942. The van der Waals surface area contributed by atoms with Crippen LogP contribution < -0.4 is 10.6 Å². The molecule has 6 nitrogen and oxygen atoms in total. The number of aryl methyl sites for hydroxylation is 1. The first-order valence-corrected chi connectivity index (χ1v) is 10.7. The molecule has 2 amide bonds. The van der Waals surface area contributed by atoms with E-state index in [-0.39, 0.29) is 24.4 Å². The van der Waals surface area contributed by atoms with E-state index in [0.717, 1.165) is 23.1 Å². The summed E-state index contributed by atoms with van der Waals surface area (Å²) in [5.74, 6) is 0.296. The van der Waals surface area contributed by atoms with Gasteiger partial charge >= 0.3 is 0 Å². The molecule has 0 saturated heterocycles. The molecule has 1 atom stereocenters. The van der Waals surface area contributed by atoms with Crippen LogP contribution in [0, 0.1) is 0 Å². The molecule has 1 unspecified atom stereocenters. The molecular formula is C26H26N4O2. The van der Waals surface area contributed by atoms with E-state index in [1.165, 1.54) is 5.56 Å². The van der Waals surface area contributed by atoms with Crippen molar-refractivity contribution in [1.29, 1.82) is 0 Å². The number of amides is 2. The van der Waals surface area contributed by atoms with Gasteiger partial charge in [-0.1, -0.05) is 49.4 Å². The van der Waals surface area contributed by atoms with Crippen molar-refractivity contribution in [2.45, 2.75) is 32.9 Å². The second-order valence-corrected chi connectivity index (χ2v) is 7.70. The number of para-hydroxylation sites is 2. The quantitative estimate of drug-likeness (QED) is 0.449. The zero-order valence-electron chi connectivity index (χ0n) is 18.2. The van der Waals surface area contributed by atoms with Gasteiger partial charge in [0.2, 0.25) is 5.91 Å². The number of nitrogens with one attached hydrogen (secondary N) is 2. The molecule has 162 valence electrons. The van der Waals surface area contributed by atoms with E-state index in [9.17, 15) is 9.59 Å². The Morgan fingerprint density at radius 1 is 0.938 bits per heavy atom. The Bertz CT molecular complexity index is 1230. The number of hydrogen-bond acceptors (Lipinski definition) is 3. The number of nitrogens with zero attached hydrogens (tertiary/aromatic N) is 2. The number of benzene rings is 3. The Morgan fingerprint density at radius 2 is 1.62 bits per heavy atom. The van der Waals surface area contributed by atoms with Crippen LogP contribution in [-0.4, -0.2) is 21.4 Å². The lowest BCUT2D eigenvalue weighted by atomic mass is 10.1. The van der Waals surface area contributed by atoms with Crippen molar-refractivity contribution in [3.63, 3.8) is 0 Å². The lowest BCUT2D eigenvalue weighted by Crippen LogP contribution is -2.30. The highest BCUT2D eigenvalue weighted by atomic mass is 16.2. The summed E-state index contributed by atoms with van der Waals surface area (Å²) in [4.78, 5) is 30.2. The molecule has 0 radical (unpaired) electrons. The maximum absolute atomic E-state index is 12.8. The third-order valence-corrected chi connectivity index (χ3v) is 5.40. The van der Waals surface area contributed by atoms with Gasteiger partial charge in [0.25, 0.3) is 5.91 Å². The molecule has 0 aliphatic carbocycles. The second kappa shape index (κ2) is 9.47. The number of rotatable bonds is 7. The van der Waals surface area contributed by atoms with Gasteiger partial charge in [0.1, 0.15) is 12.4 Å². The van der Waals surface area contributed by atoms with Crippen LogP contribution in [-0.2, 0) is 17.8 Å². The van der Waals surface area contributed by atoms with Crippen molar-refractivity contribution in [2.24, 2.45) is 0 Å². The molecule has 0 aliphatic rings. The van der Waals surface area contributed by atoms with Crippen LogP contribution in [0.2, 0.25) is 0 Å². The van der Waals surface area contributed by atoms with Crippen molar-refractivity contribution in [1.82, 2.24) is 14.9 Å². The summed E-state index contributed by atoms with van der Waals surface area (Å²) in [5, 5.41) is 5.95. The molecule has 4 rings (SSSR count). The molecule has 0 fully saturated rings. The van der Waals surface area contributed by atoms with Crippen LogP contribution >= 0.6 is 0 Å². The van der Waals surface area contributed by atoms with Crippen LogP contribution in [0.15, 0.2) is 78.9 Å². The van der Waals surface area contributed by atoms with Crippen molar-refractivity contribution < 1.29 is 9.59 Å². The van der Waals surface area contributed by atoms with Crippen LogP contribution in [0.4, 0.5) is 5.69 Å². The van der Waals surface area contributed by atoms with Gasteiger partial charge < -0.3 is 15.2 Å². The SMILES string of the molecule is CCc1ccc(NC(=O)Cn2c(C(C)NC(=O)c3ccccc3)nc3ccccc32)cc1. The van der Waals surface area contributed by atoms with Gasteiger partial charge in [0.05, 0.1) is 17.1 Å². The molecule has 1 heterocycles. The Kier molecular flexibility index (Phi) is 6.31. The summed E-state index contributed by atoms with van der Waals surface area (Å²) in [5.41, 5.74) is 4.18. The van der Waals surface area contributed by atoms with E-state index in [2.05, 4.69) is 17.6 Å². The third kappa shape index (κ3) is 4.70. The number of imidazole rings is 1. The summed E-state index contributed by atoms with van der Waals surface area (Å²) < 4.78 is 1.86. The summed E-state index contributed by atoms with van der Waals surface area (Å²) in [6.45, 7) is 4.06. The average Bonchev–Trinajstić information content (AvgIpc) is 3.18. The molecule has 4 aromatic rings. The van der Waals surface area contributed by atoms with E-state index in [1.54, 1.807) is 12.1 Å². The molecule has 0 bridgehead atoms. The Balaban J connectivity index is 1.56. The van der Waals surface area contributed by atoms with Crippen molar-refractivity contribution in [2.75, 3.05) is 5.32 Å². The van der Waals surface area contributed by atoms with Crippen LogP contribution in [0.3, 0.4) is 0 Å². The van der Waals surface area contributed by atoms with Gasteiger partial charge in [-0.3, -0.25) is 9.59 Å². The first-order valence-electron chi connectivity index (χ1n) is 10.7. The fourth-order valence-corrected chi connectivity index (χ4v) is 3.69. The highest BCUT2D eigenvalue weighted by molar-refractivity contribution is 5.94. The van der Waals surface area contributed by atoms with Crippen molar-refractivity contribution >= 4 is 28.5 Å². The predicted molar refractivity (Wildman–Crippen MR) is 127 cm³/mol. The van der Waals surface area contributed by atoms with Gasteiger partial charge in [-0.2, -0.15) is 0 Å². The van der Waals surface area contributed by atoms with E-state index >= 15 is 0 Å². The summed E-state index contributed by atoms with van der Waals surface area (Å²) in [6.07, 6.45) is 0.950. The summed E-state index contributed by atoms with van der Waals surface area (Å²) in [7, 11) is 0. The van der Waals surface area contributed by atoms with E-state index in [1.807, 2.05) is 78.2 Å². The first-order chi connectivity index (χ1) is 15.5. The van der Waals surface area contributed by atoms with Gasteiger partial charge in [0.15, 0.2) is 0 Å². The van der Waals surface area contributed by atoms with Crippen LogP contribution in [0.1, 0.15) is 41.6 Å². The maximum Gasteiger partial charge on any atom is 0.251 e. The monoisotopic (exact) mass is 426 g/mol. The number of aromatic nitrogens is 2. The minimum atomic E-state index is -0.383. The maximum atomic E-state index is 12.8. The molecule has 1 aromatic heterocycles. The number of carbonyl (C=O) groups excluding carboxylic acids is 2. The highest BCUT2D eigenvalue weighted by Gasteiger charge is 2.20. The topological polar surface area (TPSA) is 76.0 Å². The van der Waals surface area contributed by atoms with E-state index < -0.39 is 0 Å². The normalized spacial score (nSPS) is 11.8. The van der Waals surface area contributed by atoms with Gasteiger partial charge in [0, 0.05) is 11.3 Å². The van der Waals surface area contributed by atoms with Gasteiger partial charge in [-0.25, -0.2) is 4.98 Å². The number of hydrogen-bond donors (Lipinski definition) is 2. The molecule has 6 heteroatoms. The Hall–Kier alpha value is -3.93. The van der Waals surface area contributed by atoms with Crippen LogP contribution in [0.25, 0.3) is 11.0 Å².